The largest absolute Gasteiger partial charge is 0.314 e. The molecule has 1 saturated heterocycles. The molecule has 1 atom stereocenters. The zero-order valence-corrected chi connectivity index (χ0v) is 12.8. The first kappa shape index (κ1) is 14.7. The second-order valence-electron chi connectivity index (χ2n) is 5.11. The standard InChI is InChI=1S/C15H20BrFN2/c1-11(2)10-14(19-8-6-18-7-9-19)12-4-3-5-13(17)15(12)16/h3-5,14,18H,1,6-10H2,2H3/t14-/m1/s1. The lowest BCUT2D eigenvalue weighted by molar-refractivity contribution is 0.171. The van der Waals surface area contributed by atoms with E-state index in [1.54, 1.807) is 6.07 Å². The van der Waals surface area contributed by atoms with Gasteiger partial charge in [0.15, 0.2) is 0 Å². The monoisotopic (exact) mass is 326 g/mol. The van der Waals surface area contributed by atoms with Crippen molar-refractivity contribution < 1.29 is 4.39 Å². The molecular weight excluding hydrogens is 307 g/mol. The zero-order chi connectivity index (χ0) is 13.8. The van der Waals surface area contributed by atoms with Crippen LogP contribution in [-0.4, -0.2) is 31.1 Å². The maximum atomic E-state index is 13.7. The van der Waals surface area contributed by atoms with Crippen LogP contribution in [-0.2, 0) is 0 Å². The van der Waals surface area contributed by atoms with E-state index in [4.69, 9.17) is 0 Å². The fraction of sp³-hybridized carbons (Fsp3) is 0.467. The topological polar surface area (TPSA) is 15.3 Å². The van der Waals surface area contributed by atoms with E-state index in [9.17, 15) is 4.39 Å². The minimum absolute atomic E-state index is 0.195. The number of halogens is 2. The first-order chi connectivity index (χ1) is 9.09. The van der Waals surface area contributed by atoms with Crippen LogP contribution in [0, 0.1) is 5.82 Å². The van der Waals surface area contributed by atoms with Crippen molar-refractivity contribution in [3.8, 4) is 0 Å². The molecule has 104 valence electrons. The van der Waals surface area contributed by atoms with Crippen molar-refractivity contribution in [3.05, 3.63) is 46.2 Å². The van der Waals surface area contributed by atoms with Crippen molar-refractivity contribution in [2.24, 2.45) is 0 Å². The summed E-state index contributed by atoms with van der Waals surface area (Å²) in [5, 5.41) is 3.35. The third kappa shape index (κ3) is 3.65. The minimum Gasteiger partial charge on any atom is -0.314 e. The maximum Gasteiger partial charge on any atom is 0.137 e. The van der Waals surface area contributed by atoms with Crippen LogP contribution in [0.5, 0.6) is 0 Å². The van der Waals surface area contributed by atoms with Crippen LogP contribution < -0.4 is 5.32 Å². The van der Waals surface area contributed by atoms with Gasteiger partial charge in [0.25, 0.3) is 0 Å². The van der Waals surface area contributed by atoms with Crippen LogP contribution >= 0.6 is 15.9 Å². The minimum atomic E-state index is -0.195. The molecule has 0 bridgehead atoms. The van der Waals surface area contributed by atoms with E-state index < -0.39 is 0 Å². The summed E-state index contributed by atoms with van der Waals surface area (Å²) < 4.78 is 14.3. The molecule has 2 rings (SSSR count). The zero-order valence-electron chi connectivity index (χ0n) is 11.3. The van der Waals surface area contributed by atoms with Crippen LogP contribution in [0.3, 0.4) is 0 Å². The van der Waals surface area contributed by atoms with Crippen molar-refractivity contribution in [3.63, 3.8) is 0 Å². The van der Waals surface area contributed by atoms with Crippen molar-refractivity contribution >= 4 is 15.9 Å². The van der Waals surface area contributed by atoms with Gasteiger partial charge in [-0.25, -0.2) is 4.39 Å². The number of benzene rings is 1. The fourth-order valence-corrected chi connectivity index (χ4v) is 3.07. The highest BCUT2D eigenvalue weighted by Crippen LogP contribution is 2.33. The SMILES string of the molecule is C=C(C)C[C@H](c1cccc(F)c1Br)N1CCNCC1. The summed E-state index contributed by atoms with van der Waals surface area (Å²) >= 11 is 3.39. The van der Waals surface area contributed by atoms with Gasteiger partial charge in [-0.05, 0) is 40.9 Å². The lowest BCUT2D eigenvalue weighted by Gasteiger charge is -2.36. The van der Waals surface area contributed by atoms with Gasteiger partial charge in [0, 0.05) is 32.2 Å². The summed E-state index contributed by atoms with van der Waals surface area (Å²) in [5.74, 6) is -0.195. The first-order valence-electron chi connectivity index (χ1n) is 6.62. The molecule has 19 heavy (non-hydrogen) atoms. The first-order valence-corrected chi connectivity index (χ1v) is 7.42. The molecule has 1 N–H and O–H groups in total. The highest BCUT2D eigenvalue weighted by molar-refractivity contribution is 9.10. The van der Waals surface area contributed by atoms with Crippen LogP contribution in [0.25, 0.3) is 0 Å². The number of nitrogens with zero attached hydrogens (tertiary/aromatic N) is 1. The molecule has 1 aliphatic rings. The average molecular weight is 327 g/mol. The van der Waals surface area contributed by atoms with E-state index in [0.717, 1.165) is 43.7 Å². The van der Waals surface area contributed by atoms with Gasteiger partial charge in [0.1, 0.15) is 5.82 Å². The highest BCUT2D eigenvalue weighted by atomic mass is 79.9. The second-order valence-corrected chi connectivity index (χ2v) is 5.90. The van der Waals surface area contributed by atoms with Crippen LogP contribution in [0.2, 0.25) is 0 Å². The van der Waals surface area contributed by atoms with Crippen LogP contribution in [0.1, 0.15) is 24.9 Å². The van der Waals surface area contributed by atoms with Gasteiger partial charge in [-0.2, -0.15) is 0 Å². The lowest BCUT2D eigenvalue weighted by Crippen LogP contribution is -2.45. The van der Waals surface area contributed by atoms with Gasteiger partial charge >= 0.3 is 0 Å². The molecule has 0 aromatic heterocycles. The van der Waals surface area contributed by atoms with Gasteiger partial charge in [-0.1, -0.05) is 17.7 Å². The highest BCUT2D eigenvalue weighted by Gasteiger charge is 2.24. The molecule has 0 saturated carbocycles. The van der Waals surface area contributed by atoms with E-state index in [1.807, 2.05) is 13.0 Å². The quantitative estimate of drug-likeness (QED) is 0.852. The van der Waals surface area contributed by atoms with Gasteiger partial charge in [0.05, 0.1) is 4.47 Å². The van der Waals surface area contributed by atoms with E-state index in [-0.39, 0.29) is 11.9 Å². The van der Waals surface area contributed by atoms with Crippen molar-refractivity contribution in [2.75, 3.05) is 26.2 Å². The molecule has 1 aromatic carbocycles. The predicted octanol–water partition coefficient (Wildman–Crippen LogP) is 3.50. The van der Waals surface area contributed by atoms with E-state index >= 15 is 0 Å². The Morgan fingerprint density at radius 3 is 2.79 bits per heavy atom. The Kier molecular flexibility index (Phi) is 5.13. The number of nitrogens with one attached hydrogen (secondary N) is 1. The fourth-order valence-electron chi connectivity index (χ4n) is 2.54. The molecule has 0 unspecified atom stereocenters. The van der Waals surface area contributed by atoms with Crippen molar-refractivity contribution in [1.82, 2.24) is 10.2 Å². The summed E-state index contributed by atoms with van der Waals surface area (Å²) in [6, 6.07) is 5.47. The number of rotatable bonds is 4. The Morgan fingerprint density at radius 2 is 2.16 bits per heavy atom. The second kappa shape index (κ2) is 6.64. The Bertz CT molecular complexity index is 455. The van der Waals surface area contributed by atoms with Gasteiger partial charge in [0.2, 0.25) is 0 Å². The third-order valence-electron chi connectivity index (χ3n) is 3.47. The van der Waals surface area contributed by atoms with Crippen molar-refractivity contribution in [2.45, 2.75) is 19.4 Å². The van der Waals surface area contributed by atoms with Gasteiger partial charge < -0.3 is 5.32 Å². The molecule has 1 fully saturated rings. The number of hydrogen-bond donors (Lipinski definition) is 1. The molecule has 1 aliphatic heterocycles. The van der Waals surface area contributed by atoms with Gasteiger partial charge in [-0.15, -0.1) is 6.58 Å². The molecule has 1 heterocycles. The van der Waals surface area contributed by atoms with Gasteiger partial charge in [-0.3, -0.25) is 4.90 Å². The lowest BCUT2D eigenvalue weighted by atomic mass is 9.98. The Hall–Kier alpha value is -0.710. The molecule has 1 aromatic rings. The van der Waals surface area contributed by atoms with Crippen LogP contribution in [0.4, 0.5) is 4.39 Å². The molecular formula is C15H20BrFN2. The average Bonchev–Trinajstić information content (AvgIpc) is 2.40. The Balaban J connectivity index is 2.30. The van der Waals surface area contributed by atoms with Crippen molar-refractivity contribution in [1.29, 1.82) is 0 Å². The summed E-state index contributed by atoms with van der Waals surface area (Å²) in [4.78, 5) is 2.41. The van der Waals surface area contributed by atoms with Crippen LogP contribution in [0.15, 0.2) is 34.8 Å². The summed E-state index contributed by atoms with van der Waals surface area (Å²) in [6.45, 7) is 9.99. The molecule has 2 nitrogen and oxygen atoms in total. The normalized spacial score (nSPS) is 18.3. The Labute approximate surface area is 122 Å². The predicted molar refractivity (Wildman–Crippen MR) is 80.7 cm³/mol. The summed E-state index contributed by atoms with van der Waals surface area (Å²) in [6.07, 6.45) is 0.863. The number of hydrogen-bond acceptors (Lipinski definition) is 2. The van der Waals surface area contributed by atoms with E-state index in [1.165, 1.54) is 6.07 Å². The smallest absolute Gasteiger partial charge is 0.137 e. The summed E-state index contributed by atoms with van der Waals surface area (Å²) in [5.41, 5.74) is 2.14. The number of piperazine rings is 1. The van der Waals surface area contributed by atoms with E-state index in [2.05, 4.69) is 32.7 Å². The molecule has 0 radical (unpaired) electrons. The Morgan fingerprint density at radius 1 is 1.47 bits per heavy atom. The molecule has 0 spiro atoms. The summed E-state index contributed by atoms with van der Waals surface area (Å²) in [7, 11) is 0. The van der Waals surface area contributed by atoms with E-state index in [0.29, 0.717) is 4.47 Å². The molecule has 4 heteroatoms. The molecule has 0 amide bonds. The molecule has 0 aliphatic carbocycles. The third-order valence-corrected chi connectivity index (χ3v) is 4.31. The maximum absolute atomic E-state index is 13.7.